The summed E-state index contributed by atoms with van der Waals surface area (Å²) in [6.45, 7) is 0. The highest BCUT2D eigenvalue weighted by Gasteiger charge is 2.21. The third-order valence-corrected chi connectivity index (χ3v) is 7.95. The Bertz CT molecular complexity index is 1120. The maximum atomic E-state index is 11.7. The average Bonchev–Trinajstić information content (AvgIpc) is 3.36. The fourth-order valence-electron chi connectivity index (χ4n) is 2.46. The molecule has 0 unspecified atom stereocenters. The maximum Gasteiger partial charge on any atom is 0.262 e. The molecule has 28 heavy (non-hydrogen) atoms. The van der Waals surface area contributed by atoms with Crippen molar-refractivity contribution in [3.05, 3.63) is 52.9 Å². The topological polar surface area (TPSA) is 169 Å². The Labute approximate surface area is 166 Å². The van der Waals surface area contributed by atoms with E-state index >= 15 is 0 Å². The van der Waals surface area contributed by atoms with Gasteiger partial charge in [-0.25, -0.2) is 16.8 Å². The lowest BCUT2D eigenvalue weighted by Crippen LogP contribution is -2.30. The van der Waals surface area contributed by atoms with Crippen LogP contribution < -0.4 is 26.8 Å². The van der Waals surface area contributed by atoms with Gasteiger partial charge in [0.1, 0.15) is 4.21 Å². The SMILES string of the molecule is NNS(=O)(=O)c1ccc(/C=C/[C@H]2CC(c3ccc(S(=O)(=O)NN)s3)=NN2)cc1. The van der Waals surface area contributed by atoms with Gasteiger partial charge < -0.3 is 5.43 Å². The third-order valence-electron chi connectivity index (χ3n) is 3.93. The maximum absolute atomic E-state index is 11.7. The van der Waals surface area contributed by atoms with Crippen LogP contribution >= 0.6 is 11.3 Å². The smallest absolute Gasteiger partial charge is 0.262 e. The predicted octanol–water partition coefficient (Wildman–Crippen LogP) is -0.168. The summed E-state index contributed by atoms with van der Waals surface area (Å²) in [5, 5.41) is 4.26. The standard InChI is InChI=1S/C15H18N6O4S3/c16-20-27(22,23)12-5-2-10(3-6-12)1-4-11-9-13(19-18-11)14-7-8-15(26-14)28(24,25)21-17/h1-8,11,18,20-21H,9,16-17H2/b4-1+/t11-/m0/s1. The third kappa shape index (κ3) is 4.47. The van der Waals surface area contributed by atoms with Gasteiger partial charge in [-0.3, -0.25) is 11.7 Å². The van der Waals surface area contributed by atoms with Crippen LogP contribution in [-0.2, 0) is 20.0 Å². The molecule has 1 aliphatic rings. The number of benzene rings is 1. The normalized spacial score (nSPS) is 17.6. The molecular weight excluding hydrogens is 424 g/mol. The first kappa shape index (κ1) is 20.6. The van der Waals surface area contributed by atoms with Crippen molar-refractivity contribution in [1.82, 2.24) is 15.1 Å². The van der Waals surface area contributed by atoms with E-state index in [1.54, 1.807) is 27.9 Å². The van der Waals surface area contributed by atoms with Gasteiger partial charge in [0.25, 0.3) is 20.0 Å². The first-order valence-corrected chi connectivity index (χ1v) is 11.7. The second-order valence-electron chi connectivity index (χ2n) is 5.79. The van der Waals surface area contributed by atoms with Crippen LogP contribution in [0.4, 0.5) is 0 Å². The van der Waals surface area contributed by atoms with Gasteiger partial charge in [-0.15, -0.1) is 16.2 Å². The Morgan fingerprint density at radius 2 is 1.71 bits per heavy atom. The Kier molecular flexibility index (Phi) is 5.95. The molecular formula is C15H18N6O4S3. The van der Waals surface area contributed by atoms with E-state index in [0.29, 0.717) is 6.42 Å². The Morgan fingerprint density at radius 3 is 2.36 bits per heavy atom. The lowest BCUT2D eigenvalue weighted by molar-refractivity contribution is 0.583. The van der Waals surface area contributed by atoms with Crippen LogP contribution in [-0.4, -0.2) is 28.6 Å². The van der Waals surface area contributed by atoms with Gasteiger partial charge >= 0.3 is 0 Å². The summed E-state index contributed by atoms with van der Waals surface area (Å²) >= 11 is 1.09. The van der Waals surface area contributed by atoms with Crippen LogP contribution in [0.1, 0.15) is 16.9 Å². The second-order valence-corrected chi connectivity index (χ2v) is 10.5. The summed E-state index contributed by atoms with van der Waals surface area (Å²) in [6, 6.07) is 9.33. The fourth-order valence-corrected chi connectivity index (χ4v) is 5.04. The summed E-state index contributed by atoms with van der Waals surface area (Å²) < 4.78 is 46.8. The van der Waals surface area contributed by atoms with Crippen LogP contribution in [0.3, 0.4) is 0 Å². The molecule has 0 spiro atoms. The highest BCUT2D eigenvalue weighted by molar-refractivity contribution is 7.91. The molecule has 1 aromatic heterocycles. The Balaban J connectivity index is 1.64. The molecule has 10 nitrogen and oxygen atoms in total. The van der Waals surface area contributed by atoms with Crippen molar-refractivity contribution in [2.75, 3.05) is 0 Å². The van der Waals surface area contributed by atoms with Crippen LogP contribution in [0.15, 0.2) is 56.7 Å². The minimum atomic E-state index is -3.68. The molecule has 0 bridgehead atoms. The first-order valence-electron chi connectivity index (χ1n) is 7.90. The molecule has 2 aromatic rings. The van der Waals surface area contributed by atoms with Crippen LogP contribution in [0, 0.1) is 0 Å². The second kappa shape index (κ2) is 8.08. The Hall–Kier alpha value is -2.13. The number of nitrogens with zero attached hydrogens (tertiary/aromatic N) is 1. The van der Waals surface area contributed by atoms with Crippen molar-refractivity contribution in [2.24, 2.45) is 16.8 Å². The lowest BCUT2D eigenvalue weighted by Gasteiger charge is -2.04. The zero-order valence-corrected chi connectivity index (χ0v) is 16.8. The van der Waals surface area contributed by atoms with Gasteiger partial charge in [0.2, 0.25) is 0 Å². The van der Waals surface area contributed by atoms with Crippen molar-refractivity contribution in [3.63, 3.8) is 0 Å². The number of hydrogen-bond donors (Lipinski definition) is 5. The largest absolute Gasteiger partial charge is 0.302 e. The summed E-state index contributed by atoms with van der Waals surface area (Å²) in [6.07, 6.45) is 4.31. The number of hydrazone groups is 1. The van der Waals surface area contributed by atoms with Gasteiger partial charge in [-0.05, 0) is 29.8 Å². The van der Waals surface area contributed by atoms with E-state index in [1.807, 2.05) is 12.2 Å². The monoisotopic (exact) mass is 442 g/mol. The van der Waals surface area contributed by atoms with E-state index in [-0.39, 0.29) is 15.1 Å². The van der Waals surface area contributed by atoms with Crippen LogP contribution in [0.25, 0.3) is 6.08 Å². The summed E-state index contributed by atoms with van der Waals surface area (Å²) in [5.74, 6) is 10.0. The minimum absolute atomic E-state index is 0.0705. The number of sulfonamides is 2. The zero-order valence-electron chi connectivity index (χ0n) is 14.4. The van der Waals surface area contributed by atoms with Gasteiger partial charge in [0.15, 0.2) is 0 Å². The van der Waals surface area contributed by atoms with Crippen LogP contribution in [0.5, 0.6) is 0 Å². The summed E-state index contributed by atoms with van der Waals surface area (Å²) in [7, 11) is -7.36. The molecule has 0 saturated heterocycles. The zero-order chi connectivity index (χ0) is 20.4. The lowest BCUT2D eigenvalue weighted by atomic mass is 10.1. The molecule has 150 valence electrons. The molecule has 13 heteroatoms. The Morgan fingerprint density at radius 1 is 1.04 bits per heavy atom. The number of hydrazine groups is 2. The summed E-state index contributed by atoms with van der Waals surface area (Å²) in [5.41, 5.74) is 4.53. The van der Waals surface area contributed by atoms with Crippen molar-refractivity contribution in [1.29, 1.82) is 0 Å². The van der Waals surface area contributed by atoms with E-state index in [0.717, 1.165) is 27.5 Å². The van der Waals surface area contributed by atoms with Crippen LogP contribution in [0.2, 0.25) is 0 Å². The molecule has 2 heterocycles. The number of thiophene rings is 1. The first-order chi connectivity index (χ1) is 13.2. The number of hydrogen-bond acceptors (Lipinski definition) is 9. The molecule has 1 atom stereocenters. The molecule has 1 aliphatic heterocycles. The summed E-state index contributed by atoms with van der Waals surface area (Å²) in [4.78, 5) is 4.38. The fraction of sp³-hybridized carbons (Fsp3) is 0.133. The van der Waals surface area contributed by atoms with E-state index < -0.39 is 20.0 Å². The quantitative estimate of drug-likeness (QED) is 0.293. The molecule has 0 saturated carbocycles. The number of rotatable bonds is 7. The predicted molar refractivity (Wildman–Crippen MR) is 107 cm³/mol. The van der Waals surface area contributed by atoms with E-state index in [1.165, 1.54) is 18.2 Å². The molecule has 1 aromatic carbocycles. The highest BCUT2D eigenvalue weighted by Crippen LogP contribution is 2.25. The number of nitrogens with one attached hydrogen (secondary N) is 3. The van der Waals surface area contributed by atoms with Crippen molar-refractivity contribution < 1.29 is 16.8 Å². The van der Waals surface area contributed by atoms with Gasteiger partial charge in [0, 0.05) is 6.42 Å². The van der Waals surface area contributed by atoms with E-state index in [4.69, 9.17) is 11.7 Å². The van der Waals surface area contributed by atoms with Gasteiger partial charge in [-0.1, -0.05) is 24.3 Å². The highest BCUT2D eigenvalue weighted by atomic mass is 32.2. The van der Waals surface area contributed by atoms with Crippen molar-refractivity contribution in [2.45, 2.75) is 21.6 Å². The molecule has 0 aliphatic carbocycles. The molecule has 0 amide bonds. The minimum Gasteiger partial charge on any atom is -0.302 e. The van der Waals surface area contributed by atoms with Crippen molar-refractivity contribution >= 4 is 43.2 Å². The number of nitrogens with two attached hydrogens (primary N) is 2. The van der Waals surface area contributed by atoms with E-state index in [2.05, 4.69) is 10.5 Å². The van der Waals surface area contributed by atoms with Crippen molar-refractivity contribution in [3.8, 4) is 0 Å². The molecule has 7 N–H and O–H groups in total. The molecule has 0 fully saturated rings. The van der Waals surface area contributed by atoms with Gasteiger partial charge in [-0.2, -0.15) is 9.93 Å². The molecule has 0 radical (unpaired) electrons. The van der Waals surface area contributed by atoms with Gasteiger partial charge in [0.05, 0.1) is 21.5 Å². The average molecular weight is 443 g/mol. The van der Waals surface area contributed by atoms with E-state index in [9.17, 15) is 16.8 Å². The molecule has 3 rings (SSSR count).